The predicted octanol–water partition coefficient (Wildman–Crippen LogP) is 2.22. The van der Waals surface area contributed by atoms with Crippen molar-refractivity contribution in [2.45, 2.75) is 46.1 Å². The highest BCUT2D eigenvalue weighted by molar-refractivity contribution is 5.78. The molecule has 106 valence electrons. The third-order valence-corrected chi connectivity index (χ3v) is 3.38. The Hall–Kier alpha value is -0.710. The lowest BCUT2D eigenvalue weighted by Crippen LogP contribution is -2.52. The molecule has 5 heteroatoms. The summed E-state index contributed by atoms with van der Waals surface area (Å²) in [5.41, 5.74) is 0. The topological polar surface area (TPSA) is 23.6 Å². The van der Waals surface area contributed by atoms with Crippen molar-refractivity contribution in [3.05, 3.63) is 0 Å². The number of hydrogen-bond acceptors (Lipinski definition) is 2. The molecule has 0 radical (unpaired) electrons. The van der Waals surface area contributed by atoms with Crippen LogP contribution in [-0.2, 0) is 4.79 Å². The zero-order chi connectivity index (χ0) is 13.9. The molecule has 2 aliphatic rings. The average Bonchev–Trinajstić information content (AvgIpc) is 2.63. The maximum absolute atomic E-state index is 13.2. The van der Waals surface area contributed by atoms with Gasteiger partial charge in [0.1, 0.15) is 0 Å². The molecule has 18 heavy (non-hydrogen) atoms. The van der Waals surface area contributed by atoms with E-state index in [9.17, 15) is 13.6 Å². The van der Waals surface area contributed by atoms with Crippen molar-refractivity contribution in [3.8, 4) is 0 Å². The van der Waals surface area contributed by atoms with E-state index < -0.39 is 5.92 Å². The molecule has 2 rings (SSSR count). The Balaban J connectivity index is 0.000000771. The van der Waals surface area contributed by atoms with Crippen molar-refractivity contribution in [1.29, 1.82) is 0 Å². The molecule has 0 bridgehead atoms. The van der Waals surface area contributed by atoms with E-state index in [1.54, 1.807) is 4.90 Å². The van der Waals surface area contributed by atoms with Crippen LogP contribution in [0, 0.1) is 5.92 Å². The van der Waals surface area contributed by atoms with Gasteiger partial charge in [0.25, 0.3) is 5.92 Å². The Bertz CT molecular complexity index is 295. The number of fused-ring (bicyclic) bond motifs is 1. The van der Waals surface area contributed by atoms with Gasteiger partial charge in [0.15, 0.2) is 0 Å². The fourth-order valence-electron chi connectivity index (χ4n) is 2.57. The molecule has 2 aliphatic heterocycles. The van der Waals surface area contributed by atoms with E-state index in [-0.39, 0.29) is 30.8 Å². The summed E-state index contributed by atoms with van der Waals surface area (Å²) in [4.78, 5) is 15.3. The molecule has 3 nitrogen and oxygen atoms in total. The number of amides is 1. The normalized spacial score (nSPS) is 26.6. The van der Waals surface area contributed by atoms with Crippen molar-refractivity contribution >= 4 is 5.91 Å². The van der Waals surface area contributed by atoms with Crippen LogP contribution in [0.3, 0.4) is 0 Å². The summed E-state index contributed by atoms with van der Waals surface area (Å²) >= 11 is 0. The van der Waals surface area contributed by atoms with Gasteiger partial charge in [0.05, 0.1) is 6.54 Å². The summed E-state index contributed by atoms with van der Waals surface area (Å²) < 4.78 is 26.4. The third kappa shape index (κ3) is 3.40. The first kappa shape index (κ1) is 15.3. The van der Waals surface area contributed by atoms with Crippen LogP contribution in [0.25, 0.3) is 0 Å². The van der Waals surface area contributed by atoms with Gasteiger partial charge in [-0.3, -0.25) is 9.69 Å². The molecular formula is C13H24F2N2O. The first-order chi connectivity index (χ1) is 8.39. The number of nitrogens with zero attached hydrogens (tertiary/aromatic N) is 2. The molecule has 0 aromatic carbocycles. The van der Waals surface area contributed by atoms with Gasteiger partial charge in [0, 0.05) is 38.0 Å². The first-order valence-corrected chi connectivity index (χ1v) is 6.80. The molecule has 2 saturated heterocycles. The van der Waals surface area contributed by atoms with Gasteiger partial charge in [-0.05, 0) is 0 Å². The van der Waals surface area contributed by atoms with Gasteiger partial charge in [-0.2, -0.15) is 0 Å². The molecule has 2 fully saturated rings. The quantitative estimate of drug-likeness (QED) is 0.723. The number of piperazine rings is 1. The molecule has 0 aliphatic carbocycles. The van der Waals surface area contributed by atoms with Crippen LogP contribution in [0.5, 0.6) is 0 Å². The minimum atomic E-state index is -2.57. The average molecular weight is 262 g/mol. The van der Waals surface area contributed by atoms with Crippen LogP contribution in [0.4, 0.5) is 8.78 Å². The Labute approximate surface area is 108 Å². The van der Waals surface area contributed by atoms with E-state index >= 15 is 0 Å². The van der Waals surface area contributed by atoms with E-state index in [1.807, 2.05) is 32.6 Å². The summed E-state index contributed by atoms with van der Waals surface area (Å²) in [5.74, 6) is -2.54. The minimum Gasteiger partial charge on any atom is -0.340 e. The highest BCUT2D eigenvalue weighted by Gasteiger charge is 2.47. The standard InChI is InChI=1S/C11H18F2N2O.C2H6/c1-8(2)10(16)14-3-4-15-7-11(12,13)5-9(15)6-14;1-2/h8-9H,3-7H2,1-2H3;1-2H3. The van der Waals surface area contributed by atoms with E-state index in [4.69, 9.17) is 0 Å². The van der Waals surface area contributed by atoms with Gasteiger partial charge in [-0.1, -0.05) is 27.7 Å². The van der Waals surface area contributed by atoms with Gasteiger partial charge in [-0.15, -0.1) is 0 Å². The fourth-order valence-corrected chi connectivity index (χ4v) is 2.57. The van der Waals surface area contributed by atoms with Crippen LogP contribution in [0.1, 0.15) is 34.1 Å². The summed E-state index contributed by atoms with van der Waals surface area (Å²) in [5, 5.41) is 0. The SMILES string of the molecule is CC.CC(C)C(=O)N1CCN2CC(F)(F)CC2C1. The maximum Gasteiger partial charge on any atom is 0.262 e. The lowest BCUT2D eigenvalue weighted by molar-refractivity contribution is -0.137. The van der Waals surface area contributed by atoms with Crippen molar-refractivity contribution in [1.82, 2.24) is 9.80 Å². The summed E-state index contributed by atoms with van der Waals surface area (Å²) in [6, 6.07) is -0.147. The van der Waals surface area contributed by atoms with Crippen molar-refractivity contribution in [3.63, 3.8) is 0 Å². The zero-order valence-corrected chi connectivity index (χ0v) is 11.7. The number of rotatable bonds is 1. The van der Waals surface area contributed by atoms with E-state index in [2.05, 4.69) is 0 Å². The monoisotopic (exact) mass is 262 g/mol. The lowest BCUT2D eigenvalue weighted by Gasteiger charge is -2.37. The summed E-state index contributed by atoms with van der Waals surface area (Å²) in [6.45, 7) is 9.19. The molecule has 1 unspecified atom stereocenters. The van der Waals surface area contributed by atoms with Crippen molar-refractivity contribution < 1.29 is 13.6 Å². The van der Waals surface area contributed by atoms with E-state index in [0.717, 1.165) is 0 Å². The molecule has 1 amide bonds. The van der Waals surface area contributed by atoms with E-state index in [0.29, 0.717) is 19.6 Å². The Kier molecular flexibility index (Phi) is 5.08. The molecule has 0 saturated carbocycles. The third-order valence-electron chi connectivity index (χ3n) is 3.38. The fraction of sp³-hybridized carbons (Fsp3) is 0.923. The number of carbonyl (C=O) groups is 1. The second-order valence-electron chi connectivity index (χ2n) is 5.12. The number of carbonyl (C=O) groups excluding carboxylic acids is 1. The predicted molar refractivity (Wildman–Crippen MR) is 67.7 cm³/mol. The lowest BCUT2D eigenvalue weighted by atomic mass is 10.1. The molecular weight excluding hydrogens is 238 g/mol. The molecule has 0 spiro atoms. The smallest absolute Gasteiger partial charge is 0.262 e. The molecule has 0 N–H and O–H groups in total. The van der Waals surface area contributed by atoms with Crippen LogP contribution in [0.2, 0.25) is 0 Å². The highest BCUT2D eigenvalue weighted by Crippen LogP contribution is 2.33. The first-order valence-electron chi connectivity index (χ1n) is 6.80. The van der Waals surface area contributed by atoms with Crippen LogP contribution < -0.4 is 0 Å². The second kappa shape index (κ2) is 5.95. The van der Waals surface area contributed by atoms with Crippen molar-refractivity contribution in [2.75, 3.05) is 26.2 Å². The number of halogens is 2. The second-order valence-corrected chi connectivity index (χ2v) is 5.12. The largest absolute Gasteiger partial charge is 0.340 e. The summed E-state index contributed by atoms with van der Waals surface area (Å²) in [6.07, 6.45) is -0.102. The Morgan fingerprint density at radius 2 is 1.89 bits per heavy atom. The van der Waals surface area contributed by atoms with Gasteiger partial charge in [0.2, 0.25) is 5.91 Å². The molecule has 2 heterocycles. The molecule has 0 aromatic rings. The van der Waals surface area contributed by atoms with Gasteiger partial charge >= 0.3 is 0 Å². The summed E-state index contributed by atoms with van der Waals surface area (Å²) in [7, 11) is 0. The maximum atomic E-state index is 13.2. The van der Waals surface area contributed by atoms with Crippen LogP contribution in [-0.4, -0.2) is 53.9 Å². The number of hydrogen-bond donors (Lipinski definition) is 0. The molecule has 0 aromatic heterocycles. The zero-order valence-electron chi connectivity index (χ0n) is 11.7. The van der Waals surface area contributed by atoms with Crippen molar-refractivity contribution in [2.24, 2.45) is 5.92 Å². The molecule has 1 atom stereocenters. The minimum absolute atomic E-state index is 0.0477. The van der Waals surface area contributed by atoms with E-state index in [1.165, 1.54) is 0 Å². The van der Waals surface area contributed by atoms with Gasteiger partial charge < -0.3 is 4.90 Å². The van der Waals surface area contributed by atoms with Crippen LogP contribution in [0.15, 0.2) is 0 Å². The van der Waals surface area contributed by atoms with Gasteiger partial charge in [-0.25, -0.2) is 8.78 Å². The number of alkyl halides is 2. The Morgan fingerprint density at radius 1 is 1.28 bits per heavy atom. The Morgan fingerprint density at radius 3 is 2.44 bits per heavy atom. The highest BCUT2D eigenvalue weighted by atomic mass is 19.3. The van der Waals surface area contributed by atoms with Crippen LogP contribution >= 0.6 is 0 Å².